The minimum atomic E-state index is -1.91. The third-order valence-corrected chi connectivity index (χ3v) is 12.8. The van der Waals surface area contributed by atoms with Gasteiger partial charge < -0.3 is 39.0 Å². The number of hydrogen-bond donors (Lipinski definition) is 3. The van der Waals surface area contributed by atoms with Crippen LogP contribution in [0.15, 0.2) is 72.9 Å². The van der Waals surface area contributed by atoms with Gasteiger partial charge in [0.25, 0.3) is 0 Å². The molecule has 0 aliphatic carbocycles. The largest absolute Gasteiger partial charge is 0.479 e. The van der Waals surface area contributed by atoms with Gasteiger partial charge in [0.05, 0.1) is 6.61 Å². The minimum absolute atomic E-state index is 0.0556. The second-order valence-corrected chi connectivity index (χ2v) is 19.5. The average Bonchev–Trinajstić information content (AvgIpc) is 3.37. The molecule has 6 unspecified atom stereocenters. The minimum Gasteiger partial charge on any atom is -0.479 e. The molecule has 1 saturated heterocycles. The fraction of sp³-hybridized carbons (Fsp3) is 0.738. The van der Waals surface area contributed by atoms with E-state index in [0.29, 0.717) is 25.7 Å². The number of hydrogen-bond acceptors (Lipinski definition) is 11. The summed E-state index contributed by atoms with van der Waals surface area (Å²) in [6, 6.07) is 0. The average molecular weight is 1030 g/mol. The van der Waals surface area contributed by atoms with Crippen LogP contribution in [0.1, 0.15) is 239 Å². The highest BCUT2D eigenvalue weighted by Gasteiger charge is 2.50. The summed E-state index contributed by atoms with van der Waals surface area (Å²) in [4.78, 5) is 51.0. The van der Waals surface area contributed by atoms with Crippen molar-refractivity contribution < 1.29 is 58.2 Å². The van der Waals surface area contributed by atoms with Gasteiger partial charge in [-0.25, -0.2) is 4.79 Å². The number of carbonyl (C=O) groups is 4. The molecule has 0 aromatic carbocycles. The predicted molar refractivity (Wildman–Crippen MR) is 294 cm³/mol. The van der Waals surface area contributed by atoms with Crippen LogP contribution in [0.25, 0.3) is 0 Å². The van der Waals surface area contributed by atoms with E-state index in [4.69, 9.17) is 23.7 Å². The maximum absolute atomic E-state index is 13.1. The van der Waals surface area contributed by atoms with Crippen molar-refractivity contribution in [1.82, 2.24) is 0 Å². The van der Waals surface area contributed by atoms with Gasteiger partial charge in [0.15, 0.2) is 24.6 Å². The zero-order valence-corrected chi connectivity index (χ0v) is 45.9. The second-order valence-electron chi connectivity index (χ2n) is 19.5. The molecule has 0 aromatic heterocycles. The highest BCUT2D eigenvalue weighted by molar-refractivity contribution is 5.74. The lowest BCUT2D eigenvalue weighted by molar-refractivity contribution is -0.301. The number of aliphatic hydroxyl groups excluding tert-OH is 2. The zero-order chi connectivity index (χ0) is 53.3. The van der Waals surface area contributed by atoms with Gasteiger partial charge >= 0.3 is 23.9 Å². The van der Waals surface area contributed by atoms with E-state index in [1.807, 2.05) is 6.08 Å². The van der Waals surface area contributed by atoms with Crippen molar-refractivity contribution in [3.63, 3.8) is 0 Å². The van der Waals surface area contributed by atoms with Crippen molar-refractivity contribution in [2.75, 3.05) is 13.2 Å². The Kier molecular flexibility index (Phi) is 45.1. The normalized spacial score (nSPS) is 18.8. The Bertz CT molecular complexity index is 1550. The summed E-state index contributed by atoms with van der Waals surface area (Å²) in [6.07, 6.45) is 48.9. The lowest BCUT2D eigenvalue weighted by Crippen LogP contribution is -2.61. The first-order valence-electron chi connectivity index (χ1n) is 28.9. The van der Waals surface area contributed by atoms with E-state index < -0.39 is 67.3 Å². The number of carbonyl (C=O) groups excluding carboxylic acids is 3. The Morgan fingerprint density at radius 2 is 0.890 bits per heavy atom. The van der Waals surface area contributed by atoms with Crippen LogP contribution in [-0.2, 0) is 42.9 Å². The van der Waals surface area contributed by atoms with Crippen LogP contribution >= 0.6 is 0 Å². The van der Waals surface area contributed by atoms with Crippen molar-refractivity contribution in [2.45, 2.75) is 276 Å². The Hall–Kier alpha value is -3.84. The van der Waals surface area contributed by atoms with E-state index in [1.165, 1.54) is 77.0 Å². The Morgan fingerprint density at radius 1 is 0.466 bits per heavy atom. The van der Waals surface area contributed by atoms with Gasteiger partial charge in [-0.2, -0.15) is 0 Å². The van der Waals surface area contributed by atoms with Gasteiger partial charge in [0.2, 0.25) is 0 Å². The highest BCUT2D eigenvalue weighted by Crippen LogP contribution is 2.26. The molecule has 1 rings (SSSR count). The molecule has 418 valence electrons. The molecule has 73 heavy (non-hydrogen) atoms. The molecule has 0 saturated carbocycles. The molecule has 1 aliphatic rings. The summed E-state index contributed by atoms with van der Waals surface area (Å²) < 4.78 is 28.3. The molecular weight excluding hydrogens is 925 g/mol. The van der Waals surface area contributed by atoms with E-state index in [-0.39, 0.29) is 25.9 Å². The molecule has 1 aliphatic heterocycles. The van der Waals surface area contributed by atoms with Gasteiger partial charge in [0.1, 0.15) is 18.8 Å². The Balaban J connectivity index is 2.72. The number of allylic oxidation sites excluding steroid dienone is 12. The SMILES string of the molecule is CC/C=C\C/C=C\C/C=C\C/C=C\C/C=C\CCCC(=O)OCC(COC1OC(C(=O)O)C(O)C(O)C1OC(=O)CCCCCCCCCCCCCCCCC)OC(=O)CCCCCCC/C=C\CCCC. The van der Waals surface area contributed by atoms with E-state index in [9.17, 15) is 34.5 Å². The van der Waals surface area contributed by atoms with Crippen LogP contribution in [0, 0.1) is 0 Å². The molecule has 1 heterocycles. The van der Waals surface area contributed by atoms with E-state index in [1.54, 1.807) is 0 Å². The summed E-state index contributed by atoms with van der Waals surface area (Å²) in [5.41, 5.74) is 0. The molecular formula is C61H102O12. The summed E-state index contributed by atoms with van der Waals surface area (Å²) >= 11 is 0. The lowest BCUT2D eigenvalue weighted by atomic mass is 9.98. The molecule has 1 fully saturated rings. The number of carboxylic acids is 1. The molecule has 3 N–H and O–H groups in total. The van der Waals surface area contributed by atoms with Gasteiger partial charge in [-0.1, -0.05) is 216 Å². The number of carboxylic acid groups (broad SMARTS) is 1. The highest BCUT2D eigenvalue weighted by atomic mass is 16.7. The van der Waals surface area contributed by atoms with Crippen molar-refractivity contribution in [1.29, 1.82) is 0 Å². The monoisotopic (exact) mass is 1030 g/mol. The molecule has 12 heteroatoms. The summed E-state index contributed by atoms with van der Waals surface area (Å²) in [7, 11) is 0. The molecule has 0 spiro atoms. The third-order valence-electron chi connectivity index (χ3n) is 12.8. The molecule has 0 amide bonds. The molecule has 0 radical (unpaired) electrons. The van der Waals surface area contributed by atoms with Crippen molar-refractivity contribution in [3.05, 3.63) is 72.9 Å². The van der Waals surface area contributed by atoms with Gasteiger partial charge in [-0.05, 0) is 77.0 Å². The molecule has 12 nitrogen and oxygen atoms in total. The number of aliphatic hydroxyl groups is 2. The van der Waals surface area contributed by atoms with E-state index in [2.05, 4.69) is 87.6 Å². The van der Waals surface area contributed by atoms with Crippen molar-refractivity contribution in [2.24, 2.45) is 0 Å². The number of rotatable bonds is 48. The number of esters is 3. The zero-order valence-electron chi connectivity index (χ0n) is 45.9. The number of unbranched alkanes of at least 4 members (excludes halogenated alkanes) is 22. The third kappa shape index (κ3) is 39.3. The van der Waals surface area contributed by atoms with E-state index in [0.717, 1.165) is 96.3 Å². The van der Waals surface area contributed by atoms with Crippen LogP contribution in [0.2, 0.25) is 0 Å². The fourth-order valence-corrected chi connectivity index (χ4v) is 8.33. The Labute approximate surface area is 442 Å². The van der Waals surface area contributed by atoms with Crippen LogP contribution < -0.4 is 0 Å². The molecule has 0 bridgehead atoms. The molecule has 6 atom stereocenters. The van der Waals surface area contributed by atoms with Crippen molar-refractivity contribution in [3.8, 4) is 0 Å². The van der Waals surface area contributed by atoms with Crippen LogP contribution in [0.4, 0.5) is 0 Å². The standard InChI is InChI=1S/C61H102O12/c1-4-7-10-13-16-19-22-24-26-27-29-30-33-35-38-41-44-47-53(62)69-50-52(71-54(63)48-45-42-39-36-32-21-18-15-12-9-6-3)51-70-61-59(57(66)56(65)58(73-61)60(67)68)72-55(64)49-46-43-40-37-34-31-28-25-23-20-17-14-11-8-5-2/h7,10,15-16,18-19,24,26,29-30,35,38,52,56-59,61,65-66H,4-6,8-9,11-14,17,20-23,25,27-28,31-34,36-37,39-51H2,1-3H3,(H,67,68)/b10-7-,18-15-,19-16-,26-24-,30-29-,38-35-. The number of aliphatic carboxylic acids is 1. The van der Waals surface area contributed by atoms with Crippen LogP contribution in [0.3, 0.4) is 0 Å². The lowest BCUT2D eigenvalue weighted by Gasteiger charge is -2.40. The topological polar surface area (TPSA) is 175 Å². The fourth-order valence-electron chi connectivity index (χ4n) is 8.33. The van der Waals surface area contributed by atoms with Gasteiger partial charge in [0, 0.05) is 19.3 Å². The summed E-state index contributed by atoms with van der Waals surface area (Å²) in [6.45, 7) is 5.78. The smallest absolute Gasteiger partial charge is 0.335 e. The van der Waals surface area contributed by atoms with Crippen LogP contribution in [0.5, 0.6) is 0 Å². The van der Waals surface area contributed by atoms with Gasteiger partial charge in [-0.15, -0.1) is 0 Å². The summed E-state index contributed by atoms with van der Waals surface area (Å²) in [5, 5.41) is 31.4. The first-order valence-corrected chi connectivity index (χ1v) is 28.9. The quantitative estimate of drug-likeness (QED) is 0.0228. The van der Waals surface area contributed by atoms with Crippen molar-refractivity contribution >= 4 is 23.9 Å². The Morgan fingerprint density at radius 3 is 1.41 bits per heavy atom. The summed E-state index contributed by atoms with van der Waals surface area (Å²) in [5.74, 6) is -3.20. The maximum atomic E-state index is 13.1. The van der Waals surface area contributed by atoms with Crippen LogP contribution in [-0.4, -0.2) is 89.2 Å². The first kappa shape index (κ1) is 67.2. The maximum Gasteiger partial charge on any atom is 0.335 e. The predicted octanol–water partition coefficient (Wildman–Crippen LogP) is 14.6. The molecule has 0 aromatic rings. The van der Waals surface area contributed by atoms with E-state index >= 15 is 0 Å². The first-order chi connectivity index (χ1) is 35.6. The second kappa shape index (κ2) is 49.1. The number of ether oxygens (including phenoxy) is 5. The van der Waals surface area contributed by atoms with Gasteiger partial charge in [-0.3, -0.25) is 14.4 Å².